The van der Waals surface area contributed by atoms with E-state index in [1.165, 1.54) is 417 Å². The highest BCUT2D eigenvalue weighted by Crippen LogP contribution is 2.21. The number of nitrogens with one attached hydrogen (secondary N) is 1. The number of aliphatic hydroxyl groups is 2. The first-order valence-electron chi connectivity index (χ1n) is 42.4. The molecule has 0 bridgehead atoms. The summed E-state index contributed by atoms with van der Waals surface area (Å²) in [6.45, 7) is 5.01. The summed E-state index contributed by atoms with van der Waals surface area (Å²) in [5.74, 6) is -0.00769. The summed E-state index contributed by atoms with van der Waals surface area (Å²) in [6.07, 6.45) is 103. The van der Waals surface area contributed by atoms with Crippen LogP contribution in [0.4, 0.5) is 0 Å². The van der Waals surface area contributed by atoms with E-state index in [-0.39, 0.29) is 18.5 Å². The summed E-state index contributed by atoms with van der Waals surface area (Å²) in [5.41, 5.74) is 0. The Hall–Kier alpha value is -1.40. The summed E-state index contributed by atoms with van der Waals surface area (Å²) >= 11 is 0. The third-order valence-corrected chi connectivity index (χ3v) is 20.3. The van der Waals surface area contributed by atoms with Gasteiger partial charge in [-0.25, -0.2) is 0 Å². The normalized spacial score (nSPS) is 12.4. The zero-order valence-corrected chi connectivity index (χ0v) is 62.4. The number of amides is 1. The number of carbonyl (C=O) groups is 2. The van der Waals surface area contributed by atoms with Crippen LogP contribution in [0.3, 0.4) is 0 Å². The molecule has 0 saturated carbocycles. The van der Waals surface area contributed by atoms with E-state index < -0.39 is 12.1 Å². The molecule has 0 aromatic rings. The highest BCUT2D eigenvalue weighted by atomic mass is 16.5. The van der Waals surface area contributed by atoms with Gasteiger partial charge < -0.3 is 20.3 Å². The molecule has 2 unspecified atom stereocenters. The van der Waals surface area contributed by atoms with Crippen LogP contribution in [0.5, 0.6) is 0 Å². The fourth-order valence-electron chi connectivity index (χ4n) is 13.9. The van der Waals surface area contributed by atoms with Crippen molar-refractivity contribution in [3.63, 3.8) is 0 Å². The minimum absolute atomic E-state index is 0.0158. The van der Waals surface area contributed by atoms with Gasteiger partial charge in [0.1, 0.15) is 0 Å². The third kappa shape index (κ3) is 77.5. The Morgan fingerprint density at radius 2 is 0.516 bits per heavy atom. The molecule has 91 heavy (non-hydrogen) atoms. The van der Waals surface area contributed by atoms with Crippen molar-refractivity contribution in [2.45, 2.75) is 508 Å². The number of aliphatic hydroxyl groups excluding tert-OH is 2. The number of rotatable bonds is 81. The second-order valence-corrected chi connectivity index (χ2v) is 29.5. The molecule has 0 aromatic carbocycles. The van der Waals surface area contributed by atoms with Crippen LogP contribution in [0.15, 0.2) is 12.2 Å². The number of hydrogen-bond acceptors (Lipinski definition) is 5. The first-order valence-corrected chi connectivity index (χ1v) is 42.4. The Morgan fingerprint density at radius 1 is 0.297 bits per heavy atom. The molecule has 0 rings (SSSR count). The van der Waals surface area contributed by atoms with Crippen molar-refractivity contribution >= 4 is 11.9 Å². The maximum atomic E-state index is 12.6. The van der Waals surface area contributed by atoms with E-state index in [2.05, 4.69) is 31.3 Å². The average Bonchev–Trinajstić information content (AvgIpc) is 3.58. The summed E-state index contributed by atoms with van der Waals surface area (Å²) in [4.78, 5) is 24.7. The molecule has 542 valence electrons. The maximum Gasteiger partial charge on any atom is 0.305 e. The molecule has 0 aliphatic carbocycles. The van der Waals surface area contributed by atoms with E-state index in [4.69, 9.17) is 4.74 Å². The SMILES string of the molecule is CCCCCCCCC/C=C\CCCCCCCC(=O)OCCCCCCCCCCCCCCCCCCCCCCCCCCCCCCCCCCCC(=O)NC(CO)C(O)CCCCCCCCCCCCCCCCCCCCCCCCCCC. The molecule has 0 fully saturated rings. The Labute approximate surface area is 571 Å². The minimum atomic E-state index is -0.662. The van der Waals surface area contributed by atoms with Gasteiger partial charge in [0.25, 0.3) is 0 Å². The zero-order valence-electron chi connectivity index (χ0n) is 62.4. The van der Waals surface area contributed by atoms with Gasteiger partial charge >= 0.3 is 5.97 Å². The van der Waals surface area contributed by atoms with Gasteiger partial charge in [-0.1, -0.05) is 443 Å². The van der Waals surface area contributed by atoms with Crippen LogP contribution in [-0.4, -0.2) is 47.4 Å². The maximum absolute atomic E-state index is 12.6. The van der Waals surface area contributed by atoms with Gasteiger partial charge in [0.15, 0.2) is 0 Å². The molecule has 6 heteroatoms. The smallest absolute Gasteiger partial charge is 0.305 e. The van der Waals surface area contributed by atoms with E-state index in [1.807, 2.05) is 0 Å². The highest BCUT2D eigenvalue weighted by Gasteiger charge is 2.20. The van der Waals surface area contributed by atoms with Crippen LogP contribution in [-0.2, 0) is 14.3 Å². The Balaban J connectivity index is 3.32. The third-order valence-electron chi connectivity index (χ3n) is 20.3. The summed E-state index contributed by atoms with van der Waals surface area (Å²) in [6, 6.07) is -0.539. The van der Waals surface area contributed by atoms with E-state index in [0.717, 1.165) is 44.9 Å². The van der Waals surface area contributed by atoms with Gasteiger partial charge in [0.05, 0.1) is 25.4 Å². The molecule has 3 N–H and O–H groups in total. The minimum Gasteiger partial charge on any atom is -0.466 e. The summed E-state index contributed by atoms with van der Waals surface area (Å²) in [5, 5.41) is 23.5. The number of carbonyl (C=O) groups excluding carboxylic acids is 2. The molecule has 6 nitrogen and oxygen atoms in total. The average molecular weight is 1280 g/mol. The second kappa shape index (κ2) is 81.0. The number of hydrogen-bond donors (Lipinski definition) is 3. The van der Waals surface area contributed by atoms with Crippen LogP contribution in [0, 0.1) is 0 Å². The first-order chi connectivity index (χ1) is 45.0. The number of unbranched alkanes of at least 4 members (excludes halogenated alkanes) is 68. The van der Waals surface area contributed by atoms with Gasteiger partial charge in [0.2, 0.25) is 5.91 Å². The molecule has 0 aliphatic rings. The van der Waals surface area contributed by atoms with E-state index in [1.54, 1.807) is 0 Å². The molecule has 0 aromatic heterocycles. The number of esters is 1. The lowest BCUT2D eigenvalue weighted by Gasteiger charge is -2.22. The lowest BCUT2D eigenvalue weighted by molar-refractivity contribution is -0.143. The predicted octanol–water partition coefficient (Wildman–Crippen LogP) is 28.2. The largest absolute Gasteiger partial charge is 0.466 e. The molecule has 0 heterocycles. The van der Waals surface area contributed by atoms with Crippen LogP contribution < -0.4 is 5.32 Å². The van der Waals surface area contributed by atoms with Crippen molar-refractivity contribution in [1.29, 1.82) is 0 Å². The van der Waals surface area contributed by atoms with E-state index in [9.17, 15) is 19.8 Å². The number of allylic oxidation sites excluding steroid dienone is 2. The van der Waals surface area contributed by atoms with Crippen molar-refractivity contribution < 1.29 is 24.5 Å². The fourth-order valence-corrected chi connectivity index (χ4v) is 13.9. The summed E-state index contributed by atoms with van der Waals surface area (Å²) < 4.78 is 5.51. The fraction of sp³-hybridized carbons (Fsp3) is 0.953. The van der Waals surface area contributed by atoms with Gasteiger partial charge in [0, 0.05) is 12.8 Å². The van der Waals surface area contributed by atoms with Crippen LogP contribution in [0.1, 0.15) is 495 Å². The molecule has 1 amide bonds. The van der Waals surface area contributed by atoms with E-state index in [0.29, 0.717) is 25.9 Å². The Kier molecular flexibility index (Phi) is 79.8. The number of ether oxygens (including phenoxy) is 1. The Morgan fingerprint density at radius 3 is 0.780 bits per heavy atom. The first kappa shape index (κ1) is 89.6. The highest BCUT2D eigenvalue weighted by molar-refractivity contribution is 5.76. The van der Waals surface area contributed by atoms with Gasteiger partial charge in [-0.05, 0) is 51.4 Å². The molecule has 2 atom stereocenters. The lowest BCUT2D eigenvalue weighted by atomic mass is 10.0. The molecule has 0 radical (unpaired) electrons. The molecule has 0 spiro atoms. The predicted molar refractivity (Wildman–Crippen MR) is 403 cm³/mol. The van der Waals surface area contributed by atoms with Gasteiger partial charge in [-0.2, -0.15) is 0 Å². The van der Waals surface area contributed by atoms with Gasteiger partial charge in [-0.3, -0.25) is 9.59 Å². The van der Waals surface area contributed by atoms with Crippen molar-refractivity contribution in [3.05, 3.63) is 12.2 Å². The monoisotopic (exact) mass is 1280 g/mol. The Bertz CT molecular complexity index is 1380. The van der Waals surface area contributed by atoms with E-state index >= 15 is 0 Å². The zero-order chi connectivity index (χ0) is 65.6. The molecular weight excluding hydrogens is 1110 g/mol. The van der Waals surface area contributed by atoms with Crippen molar-refractivity contribution in [1.82, 2.24) is 5.32 Å². The molecule has 0 saturated heterocycles. The van der Waals surface area contributed by atoms with Crippen LogP contribution in [0.25, 0.3) is 0 Å². The quantitative estimate of drug-likeness (QED) is 0.0320. The molecule has 0 aliphatic heterocycles. The van der Waals surface area contributed by atoms with Crippen molar-refractivity contribution in [3.8, 4) is 0 Å². The molecular formula is C85H167NO5. The van der Waals surface area contributed by atoms with Crippen LogP contribution >= 0.6 is 0 Å². The summed E-state index contributed by atoms with van der Waals surface area (Å²) in [7, 11) is 0. The van der Waals surface area contributed by atoms with Gasteiger partial charge in [-0.15, -0.1) is 0 Å². The lowest BCUT2D eigenvalue weighted by Crippen LogP contribution is -2.45. The van der Waals surface area contributed by atoms with Crippen molar-refractivity contribution in [2.24, 2.45) is 0 Å². The van der Waals surface area contributed by atoms with Crippen molar-refractivity contribution in [2.75, 3.05) is 13.2 Å². The topological polar surface area (TPSA) is 95.9 Å². The van der Waals surface area contributed by atoms with Crippen LogP contribution in [0.2, 0.25) is 0 Å². The standard InChI is InChI=1S/C85H167NO5/c1-3-5-7-9-11-13-15-17-19-21-22-23-24-34-37-40-43-46-49-53-57-61-65-69-73-77-83(88)82(81-87)86-84(89)78-74-70-66-62-58-54-50-47-44-41-38-35-32-30-28-26-25-27-29-31-33-36-39-42-45-48-52-56-60-64-68-72-76-80-91-85(90)79-75-71-67-63-59-55-51-20-18-16-14-12-10-8-6-4-2/h20,51,82-83,87-88H,3-19,21-50,52-81H2,1-2H3,(H,86,89)/b51-20-. The second-order valence-electron chi connectivity index (χ2n) is 29.5.